The Labute approximate surface area is 109 Å². The van der Waals surface area contributed by atoms with E-state index in [0.29, 0.717) is 0 Å². The first-order valence-electron chi connectivity index (χ1n) is 6.24. The molecule has 0 atom stereocenters. The molecule has 0 radical (unpaired) electrons. The second-order valence-electron chi connectivity index (χ2n) is 4.06. The van der Waals surface area contributed by atoms with Gasteiger partial charge >= 0.3 is 0 Å². The largest absolute Gasteiger partial charge is 0.312 e. The van der Waals surface area contributed by atoms with Crippen molar-refractivity contribution >= 4 is 11.3 Å². The Kier molecular flexibility index (Phi) is 6.95. The molecule has 0 saturated heterocycles. The molecule has 0 amide bonds. The molecule has 1 N–H and O–H groups in total. The molecule has 0 aromatic carbocycles. The van der Waals surface area contributed by atoms with Gasteiger partial charge in [0.05, 0.1) is 6.54 Å². The van der Waals surface area contributed by atoms with Crippen molar-refractivity contribution in [3.63, 3.8) is 0 Å². The standard InChI is InChI=1S/C14H22N2S/c1-4-9-16(10-5-2)12-14-8-7-13(17-14)11-15-6-3/h1,7-8,15H,5-6,9-12H2,2-3H3. The van der Waals surface area contributed by atoms with Crippen LogP contribution in [0, 0.1) is 12.3 Å². The van der Waals surface area contributed by atoms with E-state index in [-0.39, 0.29) is 0 Å². The quantitative estimate of drug-likeness (QED) is 0.714. The lowest BCUT2D eigenvalue weighted by Gasteiger charge is -2.17. The fraction of sp³-hybridized carbons (Fsp3) is 0.571. The van der Waals surface area contributed by atoms with Crippen LogP contribution in [0.2, 0.25) is 0 Å². The summed E-state index contributed by atoms with van der Waals surface area (Å²) in [6.45, 7) is 9.11. The van der Waals surface area contributed by atoms with Gasteiger partial charge < -0.3 is 5.32 Å². The molecule has 3 heteroatoms. The summed E-state index contributed by atoms with van der Waals surface area (Å²) in [5.74, 6) is 2.73. The second kappa shape index (κ2) is 8.30. The van der Waals surface area contributed by atoms with E-state index in [0.717, 1.165) is 39.1 Å². The van der Waals surface area contributed by atoms with Crippen LogP contribution in [0.15, 0.2) is 12.1 Å². The number of rotatable bonds is 8. The van der Waals surface area contributed by atoms with Gasteiger partial charge in [0, 0.05) is 22.8 Å². The fourth-order valence-corrected chi connectivity index (χ4v) is 2.76. The average molecular weight is 250 g/mol. The Morgan fingerprint density at radius 1 is 1.35 bits per heavy atom. The monoisotopic (exact) mass is 250 g/mol. The smallest absolute Gasteiger partial charge is 0.0602 e. The lowest BCUT2D eigenvalue weighted by molar-refractivity contribution is 0.302. The Morgan fingerprint density at radius 2 is 2.12 bits per heavy atom. The highest BCUT2D eigenvalue weighted by Crippen LogP contribution is 2.18. The second-order valence-corrected chi connectivity index (χ2v) is 5.32. The zero-order valence-corrected chi connectivity index (χ0v) is 11.6. The van der Waals surface area contributed by atoms with Gasteiger partial charge in [0.1, 0.15) is 0 Å². The van der Waals surface area contributed by atoms with Crippen molar-refractivity contribution in [3.8, 4) is 12.3 Å². The summed E-state index contributed by atoms with van der Waals surface area (Å²) in [7, 11) is 0. The van der Waals surface area contributed by atoms with Crippen molar-refractivity contribution in [1.29, 1.82) is 0 Å². The lowest BCUT2D eigenvalue weighted by Crippen LogP contribution is -2.23. The third kappa shape index (κ3) is 5.36. The Morgan fingerprint density at radius 3 is 2.76 bits per heavy atom. The maximum atomic E-state index is 5.39. The molecular weight excluding hydrogens is 228 g/mol. The van der Waals surface area contributed by atoms with Gasteiger partial charge in [0.25, 0.3) is 0 Å². The van der Waals surface area contributed by atoms with Gasteiger partial charge in [-0.25, -0.2) is 0 Å². The van der Waals surface area contributed by atoms with E-state index in [2.05, 4.69) is 42.1 Å². The van der Waals surface area contributed by atoms with Gasteiger partial charge in [-0.3, -0.25) is 4.90 Å². The molecule has 0 aliphatic rings. The van der Waals surface area contributed by atoms with Crippen LogP contribution in [0.1, 0.15) is 30.0 Å². The molecule has 0 aliphatic carbocycles. The summed E-state index contributed by atoms with van der Waals surface area (Å²) >= 11 is 1.88. The highest BCUT2D eigenvalue weighted by atomic mass is 32.1. The number of hydrogen-bond acceptors (Lipinski definition) is 3. The summed E-state index contributed by atoms with van der Waals surface area (Å²) in [6, 6.07) is 4.43. The Hall–Kier alpha value is -0.820. The maximum absolute atomic E-state index is 5.39. The minimum Gasteiger partial charge on any atom is -0.312 e. The van der Waals surface area contributed by atoms with Crippen molar-refractivity contribution < 1.29 is 0 Å². The zero-order valence-electron chi connectivity index (χ0n) is 10.8. The van der Waals surface area contributed by atoms with E-state index in [1.165, 1.54) is 9.75 Å². The summed E-state index contributed by atoms with van der Waals surface area (Å²) < 4.78 is 0. The van der Waals surface area contributed by atoms with Crippen molar-refractivity contribution in [2.45, 2.75) is 33.4 Å². The van der Waals surface area contributed by atoms with Crippen LogP contribution >= 0.6 is 11.3 Å². The molecule has 94 valence electrons. The molecule has 1 aromatic rings. The van der Waals surface area contributed by atoms with Gasteiger partial charge in [-0.05, 0) is 31.6 Å². The van der Waals surface area contributed by atoms with Crippen molar-refractivity contribution in [3.05, 3.63) is 21.9 Å². The molecular formula is C14H22N2S. The summed E-state index contributed by atoms with van der Waals surface area (Å²) in [5, 5.41) is 3.35. The molecule has 17 heavy (non-hydrogen) atoms. The number of hydrogen-bond donors (Lipinski definition) is 1. The topological polar surface area (TPSA) is 15.3 Å². The van der Waals surface area contributed by atoms with Crippen LogP contribution in [-0.2, 0) is 13.1 Å². The van der Waals surface area contributed by atoms with Crippen molar-refractivity contribution in [2.24, 2.45) is 0 Å². The zero-order chi connectivity index (χ0) is 12.5. The third-order valence-electron chi connectivity index (χ3n) is 2.50. The fourth-order valence-electron chi connectivity index (χ4n) is 1.73. The molecule has 0 bridgehead atoms. The molecule has 1 heterocycles. The number of nitrogens with one attached hydrogen (secondary N) is 1. The molecule has 0 spiro atoms. The number of thiophene rings is 1. The predicted octanol–water partition coefficient (Wildman–Crippen LogP) is 2.70. The number of terminal acetylenes is 1. The predicted molar refractivity (Wildman–Crippen MR) is 76.1 cm³/mol. The van der Waals surface area contributed by atoms with Gasteiger partial charge in [-0.1, -0.05) is 19.8 Å². The summed E-state index contributed by atoms with van der Waals surface area (Å²) in [5.41, 5.74) is 0. The van der Waals surface area contributed by atoms with Crippen LogP contribution in [0.3, 0.4) is 0 Å². The van der Waals surface area contributed by atoms with Gasteiger partial charge in [-0.15, -0.1) is 17.8 Å². The van der Waals surface area contributed by atoms with E-state index in [9.17, 15) is 0 Å². The minimum absolute atomic E-state index is 0.744. The first kappa shape index (κ1) is 14.2. The minimum atomic E-state index is 0.744. The summed E-state index contributed by atoms with van der Waals surface area (Å²) in [6.07, 6.45) is 6.54. The first-order valence-corrected chi connectivity index (χ1v) is 7.05. The molecule has 0 aliphatic heterocycles. The molecule has 2 nitrogen and oxygen atoms in total. The van der Waals surface area contributed by atoms with Crippen LogP contribution in [0.25, 0.3) is 0 Å². The maximum Gasteiger partial charge on any atom is 0.0602 e. The molecule has 0 unspecified atom stereocenters. The van der Waals surface area contributed by atoms with E-state index in [1.54, 1.807) is 0 Å². The van der Waals surface area contributed by atoms with Crippen LogP contribution in [0.4, 0.5) is 0 Å². The van der Waals surface area contributed by atoms with E-state index in [4.69, 9.17) is 6.42 Å². The normalized spacial score (nSPS) is 10.7. The van der Waals surface area contributed by atoms with E-state index < -0.39 is 0 Å². The highest BCUT2D eigenvalue weighted by molar-refractivity contribution is 7.11. The van der Waals surface area contributed by atoms with Crippen LogP contribution < -0.4 is 5.32 Å². The van der Waals surface area contributed by atoms with Crippen molar-refractivity contribution in [2.75, 3.05) is 19.6 Å². The lowest BCUT2D eigenvalue weighted by atomic mass is 10.3. The first-order chi connectivity index (χ1) is 8.30. The van der Waals surface area contributed by atoms with Gasteiger partial charge in [-0.2, -0.15) is 0 Å². The average Bonchev–Trinajstić information content (AvgIpc) is 2.75. The van der Waals surface area contributed by atoms with Crippen LogP contribution in [-0.4, -0.2) is 24.5 Å². The van der Waals surface area contributed by atoms with Gasteiger partial charge in [0.2, 0.25) is 0 Å². The molecule has 0 saturated carbocycles. The van der Waals surface area contributed by atoms with E-state index >= 15 is 0 Å². The molecule has 1 rings (SSSR count). The van der Waals surface area contributed by atoms with Crippen molar-refractivity contribution in [1.82, 2.24) is 10.2 Å². The van der Waals surface area contributed by atoms with Crippen LogP contribution in [0.5, 0.6) is 0 Å². The Bertz CT molecular complexity index is 351. The molecule has 1 aromatic heterocycles. The Balaban J connectivity index is 2.48. The van der Waals surface area contributed by atoms with E-state index in [1.807, 2.05) is 11.3 Å². The van der Waals surface area contributed by atoms with Gasteiger partial charge in [0.15, 0.2) is 0 Å². The number of nitrogens with zero attached hydrogens (tertiary/aromatic N) is 1. The molecule has 0 fully saturated rings. The SMILES string of the molecule is C#CCN(CCC)Cc1ccc(CNCC)s1. The highest BCUT2D eigenvalue weighted by Gasteiger charge is 2.06. The third-order valence-corrected chi connectivity index (χ3v) is 3.57. The summed E-state index contributed by atoms with van der Waals surface area (Å²) in [4.78, 5) is 5.13.